The molecule has 1 amide bonds. The molecule has 94 valence electrons. The van der Waals surface area contributed by atoms with Crippen molar-refractivity contribution in [3.8, 4) is 0 Å². The lowest BCUT2D eigenvalue weighted by atomic mass is 10.0. The zero-order chi connectivity index (χ0) is 11.8. The third kappa shape index (κ3) is 5.50. The van der Waals surface area contributed by atoms with E-state index in [1.165, 1.54) is 19.3 Å². The zero-order valence-corrected chi connectivity index (χ0v) is 10.7. The molecule has 0 aromatic carbocycles. The third-order valence-corrected chi connectivity index (χ3v) is 3.33. The smallest absolute Gasteiger partial charge is 0.220 e. The highest BCUT2D eigenvalue weighted by atomic mass is 16.1. The van der Waals surface area contributed by atoms with Gasteiger partial charge in [0.15, 0.2) is 0 Å². The summed E-state index contributed by atoms with van der Waals surface area (Å²) in [6, 6.07) is 0. The minimum absolute atomic E-state index is 0.234. The fraction of sp³-hybridized carbons (Fsp3) is 0.923. The fourth-order valence-electron chi connectivity index (χ4n) is 2.44. The predicted octanol–water partition coefficient (Wildman–Crippen LogP) is 1.93. The number of rotatable bonds is 7. The van der Waals surface area contributed by atoms with Crippen molar-refractivity contribution < 1.29 is 4.79 Å². The molecular formula is C13H26N2O. The van der Waals surface area contributed by atoms with Crippen molar-refractivity contribution in [1.82, 2.24) is 10.6 Å². The largest absolute Gasteiger partial charge is 0.355 e. The van der Waals surface area contributed by atoms with Crippen LogP contribution < -0.4 is 10.6 Å². The van der Waals surface area contributed by atoms with Crippen LogP contribution in [0.3, 0.4) is 0 Å². The molecule has 0 bridgehead atoms. The maximum atomic E-state index is 11.6. The normalized spacial score (nSPS) is 24.6. The summed E-state index contributed by atoms with van der Waals surface area (Å²) in [7, 11) is 0. The van der Waals surface area contributed by atoms with Crippen LogP contribution in [0.25, 0.3) is 0 Å². The lowest BCUT2D eigenvalue weighted by Gasteiger charge is -2.10. The topological polar surface area (TPSA) is 41.1 Å². The molecule has 0 heterocycles. The monoisotopic (exact) mass is 226 g/mol. The molecule has 0 aromatic heterocycles. The highest BCUT2D eigenvalue weighted by molar-refractivity contribution is 5.76. The van der Waals surface area contributed by atoms with Crippen molar-refractivity contribution in [1.29, 1.82) is 0 Å². The Kier molecular flexibility index (Phi) is 6.46. The van der Waals surface area contributed by atoms with Crippen LogP contribution in [0.1, 0.15) is 46.0 Å². The van der Waals surface area contributed by atoms with Crippen LogP contribution in [-0.2, 0) is 4.79 Å². The average Bonchev–Trinajstić information content (AvgIpc) is 2.63. The molecule has 1 aliphatic rings. The van der Waals surface area contributed by atoms with Gasteiger partial charge in [0.25, 0.3) is 0 Å². The van der Waals surface area contributed by atoms with Crippen molar-refractivity contribution >= 4 is 5.91 Å². The van der Waals surface area contributed by atoms with Gasteiger partial charge in [-0.2, -0.15) is 0 Å². The molecule has 3 heteroatoms. The van der Waals surface area contributed by atoms with Crippen molar-refractivity contribution in [2.24, 2.45) is 11.8 Å². The van der Waals surface area contributed by atoms with Crippen LogP contribution >= 0.6 is 0 Å². The molecule has 0 saturated heterocycles. The standard InChI is InChI=1S/C13H26N2O/c1-3-6-14-7-8-15-13(16)10-12-5-4-11(2)9-12/h11-12,14H,3-10H2,1-2H3,(H,15,16). The first-order valence-corrected chi connectivity index (χ1v) is 6.69. The molecule has 1 aliphatic carbocycles. The molecule has 1 saturated carbocycles. The molecule has 3 nitrogen and oxygen atoms in total. The van der Waals surface area contributed by atoms with Crippen LogP contribution in [-0.4, -0.2) is 25.5 Å². The summed E-state index contributed by atoms with van der Waals surface area (Å²) in [6.07, 6.45) is 5.66. The second-order valence-corrected chi connectivity index (χ2v) is 5.09. The molecule has 0 aromatic rings. The van der Waals surface area contributed by atoms with E-state index in [0.717, 1.165) is 38.4 Å². The summed E-state index contributed by atoms with van der Waals surface area (Å²) in [6.45, 7) is 7.12. The van der Waals surface area contributed by atoms with E-state index in [-0.39, 0.29) is 5.91 Å². The van der Waals surface area contributed by atoms with Crippen LogP contribution in [0.5, 0.6) is 0 Å². The molecule has 0 spiro atoms. The third-order valence-electron chi connectivity index (χ3n) is 3.33. The number of amides is 1. The molecule has 2 unspecified atom stereocenters. The number of nitrogens with one attached hydrogen (secondary N) is 2. The highest BCUT2D eigenvalue weighted by Gasteiger charge is 2.23. The van der Waals surface area contributed by atoms with Crippen LogP contribution in [0, 0.1) is 11.8 Å². The summed E-state index contributed by atoms with van der Waals surface area (Å²) in [4.78, 5) is 11.6. The number of carbonyl (C=O) groups excluding carboxylic acids is 1. The quantitative estimate of drug-likeness (QED) is 0.651. The van der Waals surface area contributed by atoms with Gasteiger partial charge in [-0.15, -0.1) is 0 Å². The Balaban J connectivity index is 1.98. The zero-order valence-electron chi connectivity index (χ0n) is 10.7. The predicted molar refractivity (Wildman–Crippen MR) is 67.3 cm³/mol. The van der Waals surface area contributed by atoms with Gasteiger partial charge in [0.2, 0.25) is 5.91 Å². The molecule has 2 atom stereocenters. The Hall–Kier alpha value is -0.570. The maximum Gasteiger partial charge on any atom is 0.220 e. The summed E-state index contributed by atoms with van der Waals surface area (Å²) >= 11 is 0. The molecule has 2 N–H and O–H groups in total. The Bertz CT molecular complexity index is 206. The SMILES string of the molecule is CCCNCCNC(=O)CC1CCC(C)C1. The highest BCUT2D eigenvalue weighted by Crippen LogP contribution is 2.32. The summed E-state index contributed by atoms with van der Waals surface area (Å²) in [5.41, 5.74) is 0. The molecule has 1 fully saturated rings. The first-order chi connectivity index (χ1) is 7.72. The Labute approximate surface area is 99.4 Å². The molecule has 1 rings (SSSR count). The van der Waals surface area contributed by atoms with E-state index >= 15 is 0 Å². The fourth-order valence-corrected chi connectivity index (χ4v) is 2.44. The van der Waals surface area contributed by atoms with Crippen LogP contribution in [0.4, 0.5) is 0 Å². The Morgan fingerprint density at radius 1 is 1.25 bits per heavy atom. The minimum atomic E-state index is 0.234. The number of carbonyl (C=O) groups is 1. The van der Waals surface area contributed by atoms with Crippen LogP contribution in [0.2, 0.25) is 0 Å². The average molecular weight is 226 g/mol. The van der Waals surface area contributed by atoms with Crippen molar-refractivity contribution in [2.75, 3.05) is 19.6 Å². The second-order valence-electron chi connectivity index (χ2n) is 5.09. The summed E-state index contributed by atoms with van der Waals surface area (Å²) in [5, 5.41) is 6.26. The maximum absolute atomic E-state index is 11.6. The van der Waals surface area contributed by atoms with Gasteiger partial charge in [-0.3, -0.25) is 4.79 Å². The molecular weight excluding hydrogens is 200 g/mol. The van der Waals surface area contributed by atoms with E-state index in [4.69, 9.17) is 0 Å². The second kappa shape index (κ2) is 7.66. The van der Waals surface area contributed by atoms with Gasteiger partial charge in [0, 0.05) is 19.5 Å². The summed E-state index contributed by atoms with van der Waals surface area (Å²) in [5.74, 6) is 1.69. The van der Waals surface area contributed by atoms with Gasteiger partial charge in [-0.1, -0.05) is 20.3 Å². The lowest BCUT2D eigenvalue weighted by molar-refractivity contribution is -0.121. The van der Waals surface area contributed by atoms with Crippen molar-refractivity contribution in [2.45, 2.75) is 46.0 Å². The lowest BCUT2D eigenvalue weighted by Crippen LogP contribution is -2.32. The van der Waals surface area contributed by atoms with E-state index < -0.39 is 0 Å². The Morgan fingerprint density at radius 3 is 2.69 bits per heavy atom. The Morgan fingerprint density at radius 2 is 2.06 bits per heavy atom. The van der Waals surface area contributed by atoms with Gasteiger partial charge in [-0.05, 0) is 37.6 Å². The van der Waals surface area contributed by atoms with Gasteiger partial charge < -0.3 is 10.6 Å². The van der Waals surface area contributed by atoms with E-state index in [2.05, 4.69) is 24.5 Å². The van der Waals surface area contributed by atoms with Gasteiger partial charge >= 0.3 is 0 Å². The van der Waals surface area contributed by atoms with E-state index in [1.54, 1.807) is 0 Å². The molecule has 0 aliphatic heterocycles. The first-order valence-electron chi connectivity index (χ1n) is 6.69. The van der Waals surface area contributed by atoms with Gasteiger partial charge in [-0.25, -0.2) is 0 Å². The number of hydrogen-bond acceptors (Lipinski definition) is 2. The van der Waals surface area contributed by atoms with E-state index in [1.807, 2.05) is 0 Å². The van der Waals surface area contributed by atoms with E-state index in [9.17, 15) is 4.79 Å². The number of hydrogen-bond donors (Lipinski definition) is 2. The first kappa shape index (κ1) is 13.5. The van der Waals surface area contributed by atoms with E-state index in [0.29, 0.717) is 5.92 Å². The van der Waals surface area contributed by atoms with Crippen molar-refractivity contribution in [3.05, 3.63) is 0 Å². The minimum Gasteiger partial charge on any atom is -0.355 e. The summed E-state index contributed by atoms with van der Waals surface area (Å²) < 4.78 is 0. The molecule has 16 heavy (non-hydrogen) atoms. The molecule has 0 radical (unpaired) electrons. The van der Waals surface area contributed by atoms with Crippen LogP contribution in [0.15, 0.2) is 0 Å². The van der Waals surface area contributed by atoms with Gasteiger partial charge in [0.1, 0.15) is 0 Å². The van der Waals surface area contributed by atoms with Gasteiger partial charge in [0.05, 0.1) is 0 Å². The van der Waals surface area contributed by atoms with Crippen molar-refractivity contribution in [3.63, 3.8) is 0 Å².